The molecule has 0 saturated heterocycles. The Balaban J connectivity index is 3.23. The second-order valence-corrected chi connectivity index (χ2v) is 7.70. The first-order valence-electron chi connectivity index (χ1n) is 7.04. The molecule has 0 aliphatic rings. The van der Waals surface area contributed by atoms with Crippen LogP contribution in [0.1, 0.15) is 45.6 Å². The van der Waals surface area contributed by atoms with Crippen LogP contribution >= 0.6 is 0 Å². The van der Waals surface area contributed by atoms with E-state index in [4.69, 9.17) is 5.11 Å². The summed E-state index contributed by atoms with van der Waals surface area (Å²) in [7, 11) is -3.32. The summed E-state index contributed by atoms with van der Waals surface area (Å²) in [6.07, 6.45) is 3.19. The fraction of sp³-hybridized carbons (Fsp3) is 0.438. The van der Waals surface area contributed by atoms with E-state index in [1.165, 1.54) is 0 Å². The van der Waals surface area contributed by atoms with E-state index in [2.05, 4.69) is 0 Å². The molecule has 0 unspecified atom stereocenters. The van der Waals surface area contributed by atoms with E-state index in [0.717, 1.165) is 24.0 Å². The van der Waals surface area contributed by atoms with Gasteiger partial charge >= 0.3 is 5.97 Å². The van der Waals surface area contributed by atoms with Crippen LogP contribution in [0, 0.1) is 0 Å². The minimum Gasteiger partial charge on any atom is -0.481 e. The summed E-state index contributed by atoms with van der Waals surface area (Å²) >= 11 is 0. The number of benzene rings is 1. The van der Waals surface area contributed by atoms with E-state index < -0.39 is 21.1 Å². The number of allylic oxidation sites excluding steroid dienone is 1. The summed E-state index contributed by atoms with van der Waals surface area (Å²) in [6.45, 7) is 5.30. The van der Waals surface area contributed by atoms with Gasteiger partial charge in [0.25, 0.3) is 0 Å². The molecule has 0 atom stereocenters. The average molecular weight is 310 g/mol. The standard InChI is InChI=1S/C16H22O4S/c1-4-6-13(9-10-16(17)18)14-7-5-8-15(11-14)21(19,20)12(2)3/h5,7-9,11-12H,4,6,10H2,1-3H3,(H,17,18)/b13-9+. The van der Waals surface area contributed by atoms with Crippen molar-refractivity contribution >= 4 is 21.4 Å². The molecule has 0 heterocycles. The number of rotatable bonds is 7. The number of sulfone groups is 1. The van der Waals surface area contributed by atoms with Gasteiger partial charge in [0.1, 0.15) is 0 Å². The van der Waals surface area contributed by atoms with Crippen LogP contribution in [0.15, 0.2) is 35.2 Å². The lowest BCUT2D eigenvalue weighted by atomic mass is 10.0. The van der Waals surface area contributed by atoms with Crippen LogP contribution in [0.3, 0.4) is 0 Å². The minimum absolute atomic E-state index is 0.0590. The molecule has 1 N–H and O–H groups in total. The minimum atomic E-state index is -3.32. The zero-order valence-corrected chi connectivity index (χ0v) is 13.5. The third-order valence-electron chi connectivity index (χ3n) is 3.20. The van der Waals surface area contributed by atoms with Crippen LogP contribution < -0.4 is 0 Å². The van der Waals surface area contributed by atoms with E-state index >= 15 is 0 Å². The highest BCUT2D eigenvalue weighted by molar-refractivity contribution is 7.92. The van der Waals surface area contributed by atoms with Crippen molar-refractivity contribution in [3.8, 4) is 0 Å². The molecule has 0 fully saturated rings. The maximum absolute atomic E-state index is 12.2. The van der Waals surface area contributed by atoms with E-state index in [-0.39, 0.29) is 11.3 Å². The third kappa shape index (κ3) is 4.70. The average Bonchev–Trinajstić information content (AvgIpc) is 2.43. The summed E-state index contributed by atoms with van der Waals surface area (Å²) < 4.78 is 24.4. The van der Waals surface area contributed by atoms with Gasteiger partial charge in [-0.05, 0) is 43.5 Å². The van der Waals surface area contributed by atoms with Gasteiger partial charge < -0.3 is 5.11 Å². The number of aliphatic carboxylic acids is 1. The van der Waals surface area contributed by atoms with Crippen LogP contribution in [0.25, 0.3) is 5.57 Å². The third-order valence-corrected chi connectivity index (χ3v) is 5.35. The monoisotopic (exact) mass is 310 g/mol. The fourth-order valence-corrected chi connectivity index (χ4v) is 3.09. The zero-order valence-electron chi connectivity index (χ0n) is 12.7. The number of hydrogen-bond acceptors (Lipinski definition) is 3. The van der Waals surface area contributed by atoms with Gasteiger partial charge in [0.15, 0.2) is 9.84 Å². The molecule has 0 radical (unpaired) electrons. The number of hydrogen-bond donors (Lipinski definition) is 1. The van der Waals surface area contributed by atoms with Gasteiger partial charge in [-0.2, -0.15) is 0 Å². The van der Waals surface area contributed by atoms with Crippen molar-refractivity contribution < 1.29 is 18.3 Å². The Morgan fingerprint density at radius 1 is 1.33 bits per heavy atom. The van der Waals surface area contributed by atoms with E-state index in [1.807, 2.05) is 13.0 Å². The molecule has 0 amide bonds. The second kappa shape index (κ2) is 7.41. The Morgan fingerprint density at radius 2 is 2.00 bits per heavy atom. The smallest absolute Gasteiger partial charge is 0.307 e. The molecule has 0 aromatic heterocycles. The van der Waals surface area contributed by atoms with Crippen molar-refractivity contribution in [2.24, 2.45) is 0 Å². The number of carboxylic acids is 1. The van der Waals surface area contributed by atoms with Crippen LogP contribution in [0.5, 0.6) is 0 Å². The highest BCUT2D eigenvalue weighted by Gasteiger charge is 2.19. The van der Waals surface area contributed by atoms with Crippen molar-refractivity contribution in [3.05, 3.63) is 35.9 Å². The molecule has 1 aromatic carbocycles. The van der Waals surface area contributed by atoms with E-state index in [9.17, 15) is 13.2 Å². The molecule has 116 valence electrons. The Bertz CT molecular complexity index is 627. The second-order valence-electron chi connectivity index (χ2n) is 5.20. The lowest BCUT2D eigenvalue weighted by Gasteiger charge is -2.11. The van der Waals surface area contributed by atoms with E-state index in [0.29, 0.717) is 0 Å². The highest BCUT2D eigenvalue weighted by atomic mass is 32.2. The van der Waals surface area contributed by atoms with Crippen LogP contribution in [0.4, 0.5) is 0 Å². The molecule has 4 nitrogen and oxygen atoms in total. The Hall–Kier alpha value is -1.62. The predicted molar refractivity (Wildman–Crippen MR) is 83.9 cm³/mol. The number of carboxylic acid groups (broad SMARTS) is 1. The maximum atomic E-state index is 12.2. The fourth-order valence-electron chi connectivity index (χ4n) is 1.99. The van der Waals surface area contributed by atoms with Crippen LogP contribution in [-0.4, -0.2) is 24.7 Å². The molecular weight excluding hydrogens is 288 g/mol. The van der Waals surface area contributed by atoms with Crippen LogP contribution in [0.2, 0.25) is 0 Å². The van der Waals surface area contributed by atoms with Crippen molar-refractivity contribution in [2.75, 3.05) is 0 Å². The molecule has 1 rings (SSSR count). The normalized spacial score (nSPS) is 12.7. The molecule has 5 heteroatoms. The first-order chi connectivity index (χ1) is 9.78. The first-order valence-corrected chi connectivity index (χ1v) is 8.58. The van der Waals surface area contributed by atoms with Crippen molar-refractivity contribution in [2.45, 2.75) is 50.2 Å². The largest absolute Gasteiger partial charge is 0.481 e. The van der Waals surface area contributed by atoms with Gasteiger partial charge in [0.2, 0.25) is 0 Å². The lowest BCUT2D eigenvalue weighted by molar-refractivity contribution is -0.135. The molecule has 0 aliphatic heterocycles. The van der Waals surface area contributed by atoms with Gasteiger partial charge in [-0.15, -0.1) is 0 Å². The Kier molecular flexibility index (Phi) is 6.15. The predicted octanol–water partition coefficient (Wildman–Crippen LogP) is 3.53. The molecule has 0 aliphatic carbocycles. The zero-order chi connectivity index (χ0) is 16.0. The summed E-state index contributed by atoms with van der Waals surface area (Å²) in [5, 5.41) is 8.31. The SMILES string of the molecule is CCC/C(=C\CC(=O)O)c1cccc(S(=O)(=O)C(C)C)c1. The Labute approximate surface area is 126 Å². The lowest BCUT2D eigenvalue weighted by Crippen LogP contribution is -2.14. The molecular formula is C16H22O4S. The van der Waals surface area contributed by atoms with Gasteiger partial charge in [0.05, 0.1) is 16.6 Å². The van der Waals surface area contributed by atoms with E-state index in [1.54, 1.807) is 38.1 Å². The summed E-state index contributed by atoms with van der Waals surface area (Å²) in [5.41, 5.74) is 1.65. The first kappa shape index (κ1) is 17.4. The van der Waals surface area contributed by atoms with Gasteiger partial charge in [0, 0.05) is 0 Å². The summed E-state index contributed by atoms with van der Waals surface area (Å²) in [6, 6.07) is 6.75. The van der Waals surface area contributed by atoms with Crippen molar-refractivity contribution in [1.82, 2.24) is 0 Å². The van der Waals surface area contributed by atoms with Gasteiger partial charge in [-0.1, -0.05) is 31.6 Å². The molecule has 0 spiro atoms. The Morgan fingerprint density at radius 3 is 2.52 bits per heavy atom. The van der Waals surface area contributed by atoms with Crippen molar-refractivity contribution in [1.29, 1.82) is 0 Å². The quantitative estimate of drug-likeness (QED) is 0.836. The molecule has 1 aromatic rings. The van der Waals surface area contributed by atoms with Gasteiger partial charge in [-0.3, -0.25) is 4.79 Å². The molecule has 0 bridgehead atoms. The maximum Gasteiger partial charge on any atom is 0.307 e. The van der Waals surface area contributed by atoms with Gasteiger partial charge in [-0.25, -0.2) is 8.42 Å². The number of carbonyl (C=O) groups is 1. The summed E-state index contributed by atoms with van der Waals surface area (Å²) in [4.78, 5) is 11.0. The molecule has 21 heavy (non-hydrogen) atoms. The van der Waals surface area contributed by atoms with Crippen molar-refractivity contribution in [3.63, 3.8) is 0 Å². The highest BCUT2D eigenvalue weighted by Crippen LogP contribution is 2.25. The topological polar surface area (TPSA) is 71.4 Å². The summed E-state index contributed by atoms with van der Waals surface area (Å²) in [5.74, 6) is -0.894. The van der Waals surface area contributed by atoms with Crippen LogP contribution in [-0.2, 0) is 14.6 Å². The molecule has 0 saturated carbocycles.